The first kappa shape index (κ1) is 19.1. The highest BCUT2D eigenvalue weighted by atomic mass is 16.7. The molecule has 0 radical (unpaired) electrons. The van der Waals surface area contributed by atoms with Crippen LogP contribution in [0, 0.1) is 0 Å². The molecular formula is C20H19NO7. The van der Waals surface area contributed by atoms with Crippen LogP contribution in [-0.4, -0.2) is 28.9 Å². The second kappa shape index (κ2) is 8.34. The monoisotopic (exact) mass is 385 g/mol. The average Bonchev–Trinajstić information content (AvgIpc) is 3.15. The van der Waals surface area contributed by atoms with Crippen molar-refractivity contribution in [1.82, 2.24) is 5.48 Å². The Labute approximate surface area is 160 Å². The number of nitrogens with one attached hydrogen (secondary N) is 1. The lowest BCUT2D eigenvalue weighted by Gasteiger charge is -2.11. The van der Waals surface area contributed by atoms with Crippen molar-refractivity contribution in [3.05, 3.63) is 53.6 Å². The topological polar surface area (TPSA) is 114 Å². The van der Waals surface area contributed by atoms with Crippen LogP contribution in [-0.2, 0) is 14.4 Å². The summed E-state index contributed by atoms with van der Waals surface area (Å²) in [5.74, 6) is -0.734. The van der Waals surface area contributed by atoms with Crippen molar-refractivity contribution in [3.8, 4) is 23.0 Å². The maximum atomic E-state index is 12.3. The molecule has 0 saturated heterocycles. The quantitative estimate of drug-likeness (QED) is 0.412. The molecule has 3 rings (SSSR count). The number of hydrogen-bond donors (Lipinski definition) is 3. The minimum absolute atomic E-state index is 0.103. The number of fused-ring (bicyclic) bond motifs is 1. The van der Waals surface area contributed by atoms with Gasteiger partial charge in [-0.25, -0.2) is 4.79 Å². The first-order chi connectivity index (χ1) is 13.5. The van der Waals surface area contributed by atoms with E-state index in [0.29, 0.717) is 34.6 Å². The van der Waals surface area contributed by atoms with Crippen molar-refractivity contribution in [2.24, 2.45) is 0 Å². The summed E-state index contributed by atoms with van der Waals surface area (Å²) in [7, 11) is 0. The van der Waals surface area contributed by atoms with Crippen molar-refractivity contribution >= 4 is 17.4 Å². The molecule has 0 spiro atoms. The Balaban J connectivity index is 1.93. The molecular weight excluding hydrogens is 366 g/mol. The van der Waals surface area contributed by atoms with E-state index in [9.17, 15) is 19.8 Å². The van der Waals surface area contributed by atoms with Crippen LogP contribution >= 0.6 is 0 Å². The highest BCUT2D eigenvalue weighted by Crippen LogP contribution is 2.37. The highest BCUT2D eigenvalue weighted by molar-refractivity contribution is 5.99. The van der Waals surface area contributed by atoms with E-state index in [1.54, 1.807) is 24.3 Å². The maximum Gasteiger partial charge on any atom is 0.332 e. The fourth-order valence-corrected chi connectivity index (χ4v) is 2.61. The average molecular weight is 385 g/mol. The third-order valence-electron chi connectivity index (χ3n) is 3.97. The lowest BCUT2D eigenvalue weighted by molar-refractivity contribution is -0.156. The minimum atomic E-state index is -0.662. The third-order valence-corrected chi connectivity index (χ3v) is 3.97. The number of hydroxylamine groups is 1. The zero-order valence-electron chi connectivity index (χ0n) is 15.1. The van der Waals surface area contributed by atoms with Gasteiger partial charge in [-0.05, 0) is 47.4 Å². The van der Waals surface area contributed by atoms with Gasteiger partial charge in [0.25, 0.3) is 5.91 Å². The second-order valence-electron chi connectivity index (χ2n) is 6.02. The zero-order chi connectivity index (χ0) is 20.1. The van der Waals surface area contributed by atoms with E-state index in [-0.39, 0.29) is 24.7 Å². The number of ether oxygens (including phenoxy) is 2. The van der Waals surface area contributed by atoms with Crippen LogP contribution in [0.3, 0.4) is 0 Å². The molecule has 8 nitrogen and oxygen atoms in total. The molecule has 2 aromatic carbocycles. The standard InChI is InChI=1S/C20H19NO7/c1-2-3-20(25)28-21-19(24)10-14(12-4-6-15(22)16(23)8-12)13-5-7-17-18(9-13)27-11-26-17/h4-10,22-23H,2-3,11H2,1H3,(H,21,24)/b14-10-. The van der Waals surface area contributed by atoms with E-state index in [1.807, 2.05) is 6.92 Å². The van der Waals surface area contributed by atoms with Gasteiger partial charge < -0.3 is 24.5 Å². The van der Waals surface area contributed by atoms with Gasteiger partial charge in [0, 0.05) is 12.5 Å². The van der Waals surface area contributed by atoms with E-state index < -0.39 is 11.9 Å². The molecule has 8 heteroatoms. The van der Waals surface area contributed by atoms with Gasteiger partial charge in [-0.2, -0.15) is 5.48 Å². The van der Waals surface area contributed by atoms with Crippen molar-refractivity contribution in [2.75, 3.05) is 6.79 Å². The van der Waals surface area contributed by atoms with Gasteiger partial charge in [0.05, 0.1) is 0 Å². The van der Waals surface area contributed by atoms with E-state index in [2.05, 4.69) is 5.48 Å². The fourth-order valence-electron chi connectivity index (χ4n) is 2.61. The Kier molecular flexibility index (Phi) is 5.69. The van der Waals surface area contributed by atoms with Gasteiger partial charge in [0.1, 0.15) is 0 Å². The summed E-state index contributed by atoms with van der Waals surface area (Å²) in [6.07, 6.45) is 2.01. The third kappa shape index (κ3) is 4.35. The maximum absolute atomic E-state index is 12.3. The summed E-state index contributed by atoms with van der Waals surface area (Å²) >= 11 is 0. The molecule has 146 valence electrons. The molecule has 3 N–H and O–H groups in total. The highest BCUT2D eigenvalue weighted by Gasteiger charge is 2.17. The molecule has 28 heavy (non-hydrogen) atoms. The summed E-state index contributed by atoms with van der Waals surface area (Å²) < 4.78 is 10.7. The second-order valence-corrected chi connectivity index (χ2v) is 6.02. The predicted octanol–water partition coefficient (Wildman–Crippen LogP) is 2.63. The first-order valence-electron chi connectivity index (χ1n) is 8.61. The number of phenolic OH excluding ortho intramolecular Hbond substituents is 2. The van der Waals surface area contributed by atoms with Crippen LogP contribution in [0.5, 0.6) is 23.0 Å². The molecule has 0 fully saturated rings. The van der Waals surface area contributed by atoms with Gasteiger partial charge in [-0.15, -0.1) is 0 Å². The molecule has 2 aromatic rings. The van der Waals surface area contributed by atoms with Crippen LogP contribution in [0.4, 0.5) is 0 Å². The van der Waals surface area contributed by atoms with Gasteiger partial charge in [-0.3, -0.25) is 4.79 Å². The van der Waals surface area contributed by atoms with Gasteiger partial charge in [-0.1, -0.05) is 19.1 Å². The Bertz CT molecular complexity index is 936. The normalized spacial score (nSPS) is 12.5. The predicted molar refractivity (Wildman–Crippen MR) is 98.6 cm³/mol. The van der Waals surface area contributed by atoms with E-state index in [1.165, 1.54) is 18.2 Å². The Morgan fingerprint density at radius 2 is 1.79 bits per heavy atom. The van der Waals surface area contributed by atoms with E-state index >= 15 is 0 Å². The number of phenols is 2. The molecule has 1 heterocycles. The van der Waals surface area contributed by atoms with Gasteiger partial charge in [0.15, 0.2) is 23.0 Å². The van der Waals surface area contributed by atoms with Crippen LogP contribution in [0.1, 0.15) is 30.9 Å². The number of aromatic hydroxyl groups is 2. The van der Waals surface area contributed by atoms with Gasteiger partial charge >= 0.3 is 5.97 Å². The molecule has 1 aliphatic heterocycles. The first-order valence-corrected chi connectivity index (χ1v) is 8.61. The van der Waals surface area contributed by atoms with Crippen LogP contribution < -0.4 is 15.0 Å². The minimum Gasteiger partial charge on any atom is -0.504 e. The van der Waals surface area contributed by atoms with Crippen LogP contribution in [0.2, 0.25) is 0 Å². The molecule has 0 saturated carbocycles. The molecule has 0 atom stereocenters. The van der Waals surface area contributed by atoms with Crippen LogP contribution in [0.25, 0.3) is 5.57 Å². The Morgan fingerprint density at radius 3 is 2.54 bits per heavy atom. The number of carbonyl (C=O) groups is 2. The Hall–Kier alpha value is -3.68. The lowest BCUT2D eigenvalue weighted by Crippen LogP contribution is -2.25. The van der Waals surface area contributed by atoms with E-state index in [0.717, 1.165) is 0 Å². The SMILES string of the molecule is CCCC(=O)ONC(=O)/C=C(/c1ccc(O)c(O)c1)c1ccc2c(c1)OCO2. The largest absolute Gasteiger partial charge is 0.504 e. The summed E-state index contributed by atoms with van der Waals surface area (Å²) in [4.78, 5) is 28.4. The summed E-state index contributed by atoms with van der Waals surface area (Å²) in [5.41, 5.74) is 3.56. The fraction of sp³-hybridized carbons (Fsp3) is 0.200. The molecule has 0 bridgehead atoms. The smallest absolute Gasteiger partial charge is 0.332 e. The molecule has 1 amide bonds. The van der Waals surface area contributed by atoms with E-state index in [4.69, 9.17) is 14.3 Å². The summed E-state index contributed by atoms with van der Waals surface area (Å²) in [5, 5.41) is 19.4. The summed E-state index contributed by atoms with van der Waals surface area (Å²) in [6, 6.07) is 9.29. The molecule has 0 unspecified atom stereocenters. The van der Waals surface area contributed by atoms with Crippen molar-refractivity contribution in [1.29, 1.82) is 0 Å². The number of carbonyl (C=O) groups excluding carboxylic acids is 2. The summed E-state index contributed by atoms with van der Waals surface area (Å²) in [6.45, 7) is 1.92. The lowest BCUT2D eigenvalue weighted by atomic mass is 9.96. The number of amides is 1. The van der Waals surface area contributed by atoms with Crippen LogP contribution in [0.15, 0.2) is 42.5 Å². The Morgan fingerprint density at radius 1 is 1.07 bits per heavy atom. The molecule has 0 aliphatic carbocycles. The number of rotatable bonds is 5. The molecule has 1 aliphatic rings. The molecule has 0 aromatic heterocycles. The zero-order valence-corrected chi connectivity index (χ0v) is 15.1. The van der Waals surface area contributed by atoms with Crippen molar-refractivity contribution < 1.29 is 34.1 Å². The van der Waals surface area contributed by atoms with Gasteiger partial charge in [0.2, 0.25) is 6.79 Å². The number of hydrogen-bond acceptors (Lipinski definition) is 7. The number of benzene rings is 2. The van der Waals surface area contributed by atoms with Crippen molar-refractivity contribution in [2.45, 2.75) is 19.8 Å². The van der Waals surface area contributed by atoms with Crippen molar-refractivity contribution in [3.63, 3.8) is 0 Å².